The summed E-state index contributed by atoms with van der Waals surface area (Å²) in [4.78, 5) is 18.9. The van der Waals surface area contributed by atoms with E-state index in [1.54, 1.807) is 14.2 Å². The third kappa shape index (κ3) is 5.28. The molecule has 0 saturated heterocycles. The molecule has 0 saturated carbocycles. The second kappa shape index (κ2) is 11.6. The van der Waals surface area contributed by atoms with E-state index in [1.807, 2.05) is 86.9 Å². The first kappa shape index (κ1) is 29.0. The van der Waals surface area contributed by atoms with Gasteiger partial charge in [0.1, 0.15) is 34.1 Å². The van der Waals surface area contributed by atoms with Crippen molar-refractivity contribution in [2.45, 2.75) is 27.7 Å². The summed E-state index contributed by atoms with van der Waals surface area (Å²) in [7, 11) is 3.34. The van der Waals surface area contributed by atoms with Gasteiger partial charge in [0.25, 0.3) is 0 Å². The second-order valence-corrected chi connectivity index (χ2v) is 11.5. The summed E-state index contributed by atoms with van der Waals surface area (Å²) < 4.78 is 14.6. The van der Waals surface area contributed by atoms with Crippen molar-refractivity contribution in [1.29, 1.82) is 0 Å². The number of benzene rings is 2. The highest BCUT2D eigenvalue weighted by Crippen LogP contribution is 2.27. The van der Waals surface area contributed by atoms with Crippen molar-refractivity contribution in [2.24, 2.45) is 0 Å². The molecule has 6 aromatic heterocycles. The topological polar surface area (TPSA) is 78.8 Å². The number of aromatic nitrogens is 6. The smallest absolute Gasteiger partial charge is 0.146 e. The van der Waals surface area contributed by atoms with Gasteiger partial charge >= 0.3 is 0 Å². The summed E-state index contributed by atoms with van der Waals surface area (Å²) >= 11 is 0. The van der Waals surface area contributed by atoms with Crippen molar-refractivity contribution in [1.82, 2.24) is 28.7 Å². The third-order valence-electron chi connectivity index (χ3n) is 8.24. The summed E-state index contributed by atoms with van der Waals surface area (Å²) in [6, 6.07) is 28.4. The molecule has 0 aliphatic rings. The number of nitrogens with zero attached hydrogens (tertiary/aromatic N) is 6. The number of rotatable bonds is 4. The predicted octanol–water partition coefficient (Wildman–Crippen LogP) is 8.35. The van der Waals surface area contributed by atoms with E-state index in [1.165, 1.54) is 11.1 Å². The molecule has 0 fully saturated rings. The van der Waals surface area contributed by atoms with Crippen LogP contribution >= 0.6 is 0 Å². The Labute approximate surface area is 267 Å². The Bertz CT molecular complexity index is 2200. The molecule has 8 rings (SSSR count). The minimum absolute atomic E-state index is 0.843. The Morgan fingerprint density at radius 2 is 0.870 bits per heavy atom. The highest BCUT2D eigenvalue weighted by Gasteiger charge is 2.11. The second-order valence-electron chi connectivity index (χ2n) is 11.5. The number of imidazole rings is 2. The molecule has 0 aliphatic heterocycles. The van der Waals surface area contributed by atoms with Gasteiger partial charge in [-0.2, -0.15) is 0 Å². The van der Waals surface area contributed by atoms with E-state index in [4.69, 9.17) is 29.4 Å². The molecule has 0 aliphatic carbocycles. The van der Waals surface area contributed by atoms with Crippen molar-refractivity contribution >= 4 is 33.4 Å². The molecule has 8 heteroatoms. The normalized spacial score (nSPS) is 11.3. The highest BCUT2D eigenvalue weighted by atomic mass is 16.5. The minimum atomic E-state index is 0.843. The van der Waals surface area contributed by atoms with Gasteiger partial charge in [-0.3, -0.25) is 8.80 Å². The number of ether oxygens (including phenoxy) is 2. The molecule has 0 atom stereocenters. The molecule has 8 nitrogen and oxygen atoms in total. The van der Waals surface area contributed by atoms with Crippen LogP contribution in [0.15, 0.2) is 97.3 Å². The van der Waals surface area contributed by atoms with Crippen molar-refractivity contribution < 1.29 is 9.47 Å². The van der Waals surface area contributed by atoms with Crippen molar-refractivity contribution in [2.75, 3.05) is 14.2 Å². The van der Waals surface area contributed by atoms with Gasteiger partial charge in [-0.1, -0.05) is 0 Å². The van der Waals surface area contributed by atoms with E-state index in [0.717, 1.165) is 78.8 Å². The zero-order valence-electron chi connectivity index (χ0n) is 26.7. The number of methoxy groups -OCH3 is 2. The number of aryl methyl sites for hydroxylation is 4. The van der Waals surface area contributed by atoms with Gasteiger partial charge in [0.05, 0.1) is 25.6 Å². The Morgan fingerprint density at radius 1 is 0.478 bits per heavy atom. The standard InChI is InChI=1S/2C19H17N3O/c2*1-12-10-13(2)20-19-16(12)8-9-18-21-17(11-22(18)19)14-4-6-15(23-3)7-5-14/h2*4-11H,1-3H3. The van der Waals surface area contributed by atoms with Gasteiger partial charge in [-0.15, -0.1) is 0 Å². The number of hydrogen-bond donors (Lipinski definition) is 0. The molecule has 2 aromatic carbocycles. The first-order valence-corrected chi connectivity index (χ1v) is 15.1. The molecule has 0 amide bonds. The van der Waals surface area contributed by atoms with E-state index in [2.05, 4.69) is 46.9 Å². The van der Waals surface area contributed by atoms with Crippen molar-refractivity contribution in [3.8, 4) is 34.0 Å². The van der Waals surface area contributed by atoms with E-state index in [0.29, 0.717) is 0 Å². The SMILES string of the molecule is COc1ccc(-c2cn3c(ccc4c(C)cc(C)nc43)n2)cc1.COc1ccc(-c2cn3c(ccc4c(C)cc(C)nc43)n2)cc1. The van der Waals surface area contributed by atoms with Crippen LogP contribution in [0.5, 0.6) is 11.5 Å². The maximum atomic E-state index is 5.21. The molecule has 6 heterocycles. The first-order valence-electron chi connectivity index (χ1n) is 15.1. The van der Waals surface area contributed by atoms with Gasteiger partial charge in [0.15, 0.2) is 0 Å². The highest BCUT2D eigenvalue weighted by molar-refractivity contribution is 5.84. The Morgan fingerprint density at radius 3 is 1.24 bits per heavy atom. The fourth-order valence-corrected chi connectivity index (χ4v) is 5.91. The van der Waals surface area contributed by atoms with Crippen LogP contribution in [0.4, 0.5) is 0 Å². The van der Waals surface area contributed by atoms with Crippen molar-refractivity contribution in [3.63, 3.8) is 0 Å². The molecule has 0 bridgehead atoms. The summed E-state index contributed by atoms with van der Waals surface area (Å²) in [5, 5.41) is 2.31. The van der Waals surface area contributed by atoms with E-state index < -0.39 is 0 Å². The Kier molecular flexibility index (Phi) is 7.33. The molecular formula is C38H34N6O2. The lowest BCUT2D eigenvalue weighted by atomic mass is 10.1. The molecule has 46 heavy (non-hydrogen) atoms. The molecular weight excluding hydrogens is 572 g/mol. The van der Waals surface area contributed by atoms with Crippen LogP contribution in [0.25, 0.3) is 55.9 Å². The molecule has 0 spiro atoms. The summed E-state index contributed by atoms with van der Waals surface area (Å²) in [6.45, 7) is 8.27. The quantitative estimate of drug-likeness (QED) is 0.200. The average Bonchev–Trinajstić information content (AvgIpc) is 3.71. The molecule has 0 N–H and O–H groups in total. The van der Waals surface area contributed by atoms with Crippen LogP contribution in [0.3, 0.4) is 0 Å². The zero-order chi connectivity index (χ0) is 31.9. The average molecular weight is 607 g/mol. The predicted molar refractivity (Wildman–Crippen MR) is 184 cm³/mol. The number of pyridine rings is 4. The molecule has 8 aromatic rings. The Balaban J connectivity index is 0.000000147. The van der Waals surface area contributed by atoms with Crippen LogP contribution in [0, 0.1) is 27.7 Å². The van der Waals surface area contributed by atoms with Crippen LogP contribution in [-0.4, -0.2) is 43.0 Å². The van der Waals surface area contributed by atoms with Crippen molar-refractivity contribution in [3.05, 3.63) is 120 Å². The lowest BCUT2D eigenvalue weighted by Crippen LogP contribution is -1.94. The molecule has 228 valence electrons. The van der Waals surface area contributed by atoms with E-state index in [-0.39, 0.29) is 0 Å². The maximum Gasteiger partial charge on any atom is 0.146 e. The third-order valence-corrected chi connectivity index (χ3v) is 8.24. The van der Waals surface area contributed by atoms with Gasteiger partial charge in [0.2, 0.25) is 0 Å². The molecule has 0 unspecified atom stereocenters. The van der Waals surface area contributed by atoms with Crippen LogP contribution in [-0.2, 0) is 0 Å². The van der Waals surface area contributed by atoms with Gasteiger partial charge in [-0.05, 0) is 124 Å². The van der Waals surface area contributed by atoms with Crippen LogP contribution < -0.4 is 9.47 Å². The zero-order valence-corrected chi connectivity index (χ0v) is 26.7. The van der Waals surface area contributed by atoms with E-state index in [9.17, 15) is 0 Å². The fourth-order valence-electron chi connectivity index (χ4n) is 5.91. The monoisotopic (exact) mass is 606 g/mol. The maximum absolute atomic E-state index is 5.21. The summed E-state index contributed by atoms with van der Waals surface area (Å²) in [5.41, 5.74) is 12.2. The van der Waals surface area contributed by atoms with Gasteiger partial charge < -0.3 is 9.47 Å². The number of fused-ring (bicyclic) bond motifs is 6. The number of hydrogen-bond acceptors (Lipinski definition) is 6. The fraction of sp³-hybridized carbons (Fsp3) is 0.158. The van der Waals surface area contributed by atoms with Crippen LogP contribution in [0.1, 0.15) is 22.5 Å². The largest absolute Gasteiger partial charge is 0.497 e. The molecule has 0 radical (unpaired) electrons. The first-order chi connectivity index (χ1) is 22.3. The lowest BCUT2D eigenvalue weighted by Gasteiger charge is -2.05. The summed E-state index contributed by atoms with van der Waals surface area (Å²) in [6.07, 6.45) is 4.09. The van der Waals surface area contributed by atoms with Gasteiger partial charge in [-0.25, -0.2) is 19.9 Å². The lowest BCUT2D eigenvalue weighted by molar-refractivity contribution is 0.415. The van der Waals surface area contributed by atoms with Crippen LogP contribution in [0.2, 0.25) is 0 Å². The minimum Gasteiger partial charge on any atom is -0.497 e. The van der Waals surface area contributed by atoms with E-state index >= 15 is 0 Å². The Hall–Kier alpha value is -5.76. The van der Waals surface area contributed by atoms with Gasteiger partial charge in [0, 0.05) is 45.7 Å². The summed E-state index contributed by atoms with van der Waals surface area (Å²) in [5.74, 6) is 1.69.